The Kier molecular flexibility index (Phi) is 7.31. The van der Waals surface area contributed by atoms with E-state index in [0.717, 1.165) is 43.0 Å². The molecule has 2 atom stereocenters. The number of amides is 1. The van der Waals surface area contributed by atoms with E-state index in [2.05, 4.69) is 15.2 Å². The third kappa shape index (κ3) is 5.54. The minimum Gasteiger partial charge on any atom is -0.386 e. The monoisotopic (exact) mass is 462 g/mol. The van der Waals surface area contributed by atoms with Crippen LogP contribution < -0.4 is 10.6 Å². The molecule has 178 valence electrons. The molecule has 1 spiro atoms. The second-order valence-corrected chi connectivity index (χ2v) is 8.91. The summed E-state index contributed by atoms with van der Waals surface area (Å²) >= 11 is 0. The van der Waals surface area contributed by atoms with Gasteiger partial charge in [-0.05, 0) is 43.0 Å². The van der Waals surface area contributed by atoms with Gasteiger partial charge in [0.2, 0.25) is 0 Å². The Morgan fingerprint density at radius 1 is 1.12 bits per heavy atom. The van der Waals surface area contributed by atoms with Gasteiger partial charge >= 0.3 is 6.43 Å². The number of benzene rings is 1. The van der Waals surface area contributed by atoms with Crippen LogP contribution >= 0.6 is 0 Å². The van der Waals surface area contributed by atoms with E-state index in [-0.39, 0.29) is 0 Å². The number of carbonyl (C=O) groups excluding carboxylic acids is 1. The third-order valence-electron chi connectivity index (χ3n) is 6.79. The minimum absolute atomic E-state index is 0.323. The van der Waals surface area contributed by atoms with Crippen LogP contribution in [0, 0.1) is 0 Å². The third-order valence-corrected chi connectivity index (χ3v) is 6.79. The first-order valence-electron chi connectivity index (χ1n) is 11.2. The van der Waals surface area contributed by atoms with Crippen LogP contribution in [0.3, 0.4) is 0 Å². The Hall–Kier alpha value is -2.49. The number of hydrogen-bond donors (Lipinski definition) is 3. The van der Waals surface area contributed by atoms with Crippen LogP contribution in [0.2, 0.25) is 0 Å². The second-order valence-electron chi connectivity index (χ2n) is 8.91. The van der Waals surface area contributed by atoms with Gasteiger partial charge in [-0.25, -0.2) is 4.39 Å². The Labute approximate surface area is 191 Å². The first-order chi connectivity index (χ1) is 15.9. The molecule has 1 aromatic carbocycles. The van der Waals surface area contributed by atoms with Gasteiger partial charge in [-0.15, -0.1) is 0 Å². The average Bonchev–Trinajstić information content (AvgIpc) is 2.82. The number of piperidine rings is 1. The molecule has 1 aromatic heterocycles. The van der Waals surface area contributed by atoms with E-state index >= 15 is 0 Å². The molecule has 2 aliphatic rings. The quantitative estimate of drug-likeness (QED) is 0.563. The van der Waals surface area contributed by atoms with Gasteiger partial charge in [0, 0.05) is 36.9 Å². The average molecular weight is 463 g/mol. The van der Waals surface area contributed by atoms with Crippen molar-refractivity contribution in [3.63, 3.8) is 0 Å². The summed E-state index contributed by atoms with van der Waals surface area (Å²) in [5.74, 6) is -1.61. The highest BCUT2D eigenvalue weighted by Gasteiger charge is 2.39. The molecule has 9 heteroatoms. The number of hydrogen-bond acceptors (Lipinski definition) is 5. The van der Waals surface area contributed by atoms with Crippen LogP contribution in [0.15, 0.2) is 42.6 Å². The molecule has 3 heterocycles. The van der Waals surface area contributed by atoms with Crippen LogP contribution in [0.25, 0.3) is 11.1 Å². The summed E-state index contributed by atoms with van der Waals surface area (Å²) < 4.78 is 38.0. The maximum atomic E-state index is 13.2. The fourth-order valence-electron chi connectivity index (χ4n) is 4.52. The number of halogens is 3. The number of rotatable bonds is 8. The van der Waals surface area contributed by atoms with Crippen molar-refractivity contribution in [1.29, 1.82) is 0 Å². The topological polar surface area (TPSA) is 77.5 Å². The van der Waals surface area contributed by atoms with Gasteiger partial charge in [-0.3, -0.25) is 14.7 Å². The normalized spacial score (nSPS) is 19.8. The zero-order valence-electron chi connectivity index (χ0n) is 18.3. The molecule has 0 aliphatic carbocycles. The Morgan fingerprint density at radius 2 is 1.79 bits per heavy atom. The summed E-state index contributed by atoms with van der Waals surface area (Å²) in [4.78, 5) is 18.2. The molecule has 2 saturated heterocycles. The summed E-state index contributed by atoms with van der Waals surface area (Å²) in [7, 11) is 0. The van der Waals surface area contributed by atoms with Crippen molar-refractivity contribution in [2.24, 2.45) is 0 Å². The lowest BCUT2D eigenvalue weighted by molar-refractivity contribution is -0.133. The fraction of sp³-hybridized carbons (Fsp3) is 0.500. The molecule has 2 unspecified atom stereocenters. The first kappa shape index (κ1) is 23.7. The molecule has 2 aliphatic heterocycles. The SMILES string of the molecule is O=C(NC(CF)C(O)c1ccc(-c2ccc(CN3CCC4(CCN4)CC3)nc2)cc1)C(F)F. The van der Waals surface area contributed by atoms with Gasteiger partial charge in [0.05, 0.1) is 11.7 Å². The first-order valence-corrected chi connectivity index (χ1v) is 11.2. The largest absolute Gasteiger partial charge is 0.386 e. The molecule has 0 bridgehead atoms. The fourth-order valence-corrected chi connectivity index (χ4v) is 4.52. The standard InChI is InChI=1S/C24H29F3N4O2/c25-13-20(30-23(33)22(26)27)21(32)17-3-1-16(2-4-17)18-5-6-19(28-14-18)15-31-11-8-24(9-12-31)7-10-29-24/h1-6,14,20-22,29,32H,7-13,15H2,(H,30,33). The Morgan fingerprint density at radius 3 is 2.30 bits per heavy atom. The summed E-state index contributed by atoms with van der Waals surface area (Å²) in [6, 6.07) is 9.21. The van der Waals surface area contributed by atoms with Crippen LogP contribution in [-0.2, 0) is 11.3 Å². The number of alkyl halides is 3. The van der Waals surface area contributed by atoms with Gasteiger partial charge < -0.3 is 15.7 Å². The molecule has 6 nitrogen and oxygen atoms in total. The number of aliphatic hydroxyl groups excluding tert-OH is 1. The maximum absolute atomic E-state index is 13.2. The van der Waals surface area contributed by atoms with Gasteiger partial charge in [0.15, 0.2) is 0 Å². The van der Waals surface area contributed by atoms with Gasteiger partial charge in [0.1, 0.15) is 12.8 Å². The second kappa shape index (κ2) is 10.2. The summed E-state index contributed by atoms with van der Waals surface area (Å²) in [5.41, 5.74) is 3.46. The minimum atomic E-state index is -3.27. The maximum Gasteiger partial charge on any atom is 0.315 e. The van der Waals surface area contributed by atoms with Crippen molar-refractivity contribution >= 4 is 5.91 Å². The van der Waals surface area contributed by atoms with E-state index < -0.39 is 31.2 Å². The highest BCUT2D eigenvalue weighted by molar-refractivity contribution is 5.79. The van der Waals surface area contributed by atoms with Crippen LogP contribution in [0.5, 0.6) is 0 Å². The Balaban J connectivity index is 1.34. The van der Waals surface area contributed by atoms with E-state index in [9.17, 15) is 23.1 Å². The molecular formula is C24H29F3N4O2. The highest BCUT2D eigenvalue weighted by atomic mass is 19.3. The van der Waals surface area contributed by atoms with Crippen molar-refractivity contribution in [2.75, 3.05) is 26.3 Å². The molecule has 3 N–H and O–H groups in total. The summed E-state index contributed by atoms with van der Waals surface area (Å²) in [6.45, 7) is 2.92. The predicted molar refractivity (Wildman–Crippen MR) is 118 cm³/mol. The van der Waals surface area contributed by atoms with E-state index in [1.54, 1.807) is 30.5 Å². The van der Waals surface area contributed by atoms with Crippen molar-refractivity contribution in [3.8, 4) is 11.1 Å². The van der Waals surface area contributed by atoms with Crippen molar-refractivity contribution in [2.45, 2.75) is 49.9 Å². The number of carbonyl (C=O) groups is 1. The number of nitrogens with one attached hydrogen (secondary N) is 2. The van der Waals surface area contributed by atoms with Gasteiger partial charge in [-0.1, -0.05) is 30.3 Å². The molecule has 0 saturated carbocycles. The molecule has 4 rings (SSSR count). The number of aromatic nitrogens is 1. The lowest BCUT2D eigenvalue weighted by Gasteiger charge is -2.48. The number of aliphatic hydroxyl groups is 1. The smallest absolute Gasteiger partial charge is 0.315 e. The number of nitrogens with zero attached hydrogens (tertiary/aromatic N) is 2. The molecule has 2 aromatic rings. The summed E-state index contributed by atoms with van der Waals surface area (Å²) in [5, 5.41) is 15.7. The van der Waals surface area contributed by atoms with E-state index in [1.165, 1.54) is 19.3 Å². The molecule has 33 heavy (non-hydrogen) atoms. The van der Waals surface area contributed by atoms with Crippen LogP contribution in [0.4, 0.5) is 13.2 Å². The lowest BCUT2D eigenvalue weighted by atomic mass is 9.79. The molecule has 0 radical (unpaired) electrons. The lowest BCUT2D eigenvalue weighted by Crippen LogP contribution is -2.61. The van der Waals surface area contributed by atoms with E-state index in [1.807, 2.05) is 17.4 Å². The molecular weight excluding hydrogens is 433 g/mol. The van der Waals surface area contributed by atoms with E-state index in [0.29, 0.717) is 11.1 Å². The molecule has 1 amide bonds. The van der Waals surface area contributed by atoms with Crippen molar-refractivity contribution in [3.05, 3.63) is 53.9 Å². The van der Waals surface area contributed by atoms with Gasteiger partial charge in [-0.2, -0.15) is 8.78 Å². The van der Waals surface area contributed by atoms with Crippen molar-refractivity contribution in [1.82, 2.24) is 20.5 Å². The van der Waals surface area contributed by atoms with Crippen LogP contribution in [-0.4, -0.2) is 65.2 Å². The molecule has 2 fully saturated rings. The predicted octanol–water partition coefficient (Wildman–Crippen LogP) is 2.83. The number of pyridine rings is 1. The number of likely N-dealkylation sites (tertiary alicyclic amines) is 1. The zero-order chi connectivity index (χ0) is 23.4. The zero-order valence-corrected chi connectivity index (χ0v) is 18.3. The van der Waals surface area contributed by atoms with Crippen molar-refractivity contribution < 1.29 is 23.1 Å². The van der Waals surface area contributed by atoms with Crippen LogP contribution in [0.1, 0.15) is 36.6 Å². The van der Waals surface area contributed by atoms with Gasteiger partial charge in [0.25, 0.3) is 5.91 Å². The highest BCUT2D eigenvalue weighted by Crippen LogP contribution is 2.31. The Bertz CT molecular complexity index is 926. The van der Waals surface area contributed by atoms with E-state index in [4.69, 9.17) is 0 Å². The summed E-state index contributed by atoms with van der Waals surface area (Å²) in [6.07, 6.45) is 0.730.